The molecule has 0 radical (unpaired) electrons. The van der Waals surface area contributed by atoms with E-state index in [0.717, 1.165) is 20.7 Å². The van der Waals surface area contributed by atoms with Gasteiger partial charge in [-0.3, -0.25) is 14.4 Å². The SMILES string of the molecule is COc1cc(/C=C(\NC(=O)c2ccccc2)C(=O)Nc2ccc(SC(C(=O)Nc3nc4ccccc4s3)c3ccccc3)cc2)cc(OC)c1OC. The molecule has 0 saturated heterocycles. The Morgan fingerprint density at radius 1 is 0.750 bits per heavy atom. The lowest BCUT2D eigenvalue weighted by molar-refractivity contribution is -0.116. The van der Waals surface area contributed by atoms with Crippen molar-refractivity contribution in [3.63, 3.8) is 0 Å². The number of aromatic nitrogens is 1. The largest absolute Gasteiger partial charge is 0.493 e. The third-order valence-corrected chi connectivity index (χ3v) is 9.98. The number of nitrogens with zero attached hydrogens (tertiary/aromatic N) is 1. The van der Waals surface area contributed by atoms with Gasteiger partial charge in [-0.05, 0) is 77.9 Å². The first kappa shape index (κ1) is 35.7. The van der Waals surface area contributed by atoms with Crippen LogP contribution in [0.1, 0.15) is 26.7 Å². The number of thiazole rings is 1. The number of carbonyl (C=O) groups excluding carboxylic acids is 3. The molecule has 0 aliphatic carbocycles. The number of para-hydroxylation sites is 1. The van der Waals surface area contributed by atoms with Crippen LogP contribution in [0.4, 0.5) is 10.8 Å². The standard InChI is InChI=1S/C40H34N4O6S2/c1-48-32-23-25(24-33(49-2)35(32)50-3)22-31(42-37(45)27-14-8-5-9-15-27)38(46)41-28-18-20-29(21-19-28)51-36(26-12-6-4-7-13-26)39(47)44-40-43-30-16-10-11-17-34(30)52-40/h4-24,36H,1-3H3,(H,41,46)(H,42,45)(H,43,44,47)/b31-22-. The normalized spacial score (nSPS) is 11.7. The number of benzene rings is 5. The highest BCUT2D eigenvalue weighted by molar-refractivity contribution is 8.00. The zero-order valence-electron chi connectivity index (χ0n) is 28.4. The Morgan fingerprint density at radius 3 is 2.02 bits per heavy atom. The van der Waals surface area contributed by atoms with Crippen LogP contribution in [-0.4, -0.2) is 44.0 Å². The van der Waals surface area contributed by atoms with Crippen LogP contribution in [0.2, 0.25) is 0 Å². The van der Waals surface area contributed by atoms with Crippen LogP contribution in [0.5, 0.6) is 17.2 Å². The summed E-state index contributed by atoms with van der Waals surface area (Å²) < 4.78 is 17.4. The van der Waals surface area contributed by atoms with Gasteiger partial charge in [-0.15, -0.1) is 11.8 Å². The zero-order chi connectivity index (χ0) is 36.5. The van der Waals surface area contributed by atoms with Gasteiger partial charge in [-0.25, -0.2) is 4.98 Å². The molecule has 1 unspecified atom stereocenters. The van der Waals surface area contributed by atoms with Crippen molar-refractivity contribution in [3.8, 4) is 17.2 Å². The second-order valence-electron chi connectivity index (χ2n) is 11.2. The molecule has 52 heavy (non-hydrogen) atoms. The monoisotopic (exact) mass is 730 g/mol. The summed E-state index contributed by atoms with van der Waals surface area (Å²) in [5, 5.41) is 8.57. The van der Waals surface area contributed by atoms with Crippen LogP contribution < -0.4 is 30.2 Å². The number of nitrogens with one attached hydrogen (secondary N) is 3. The van der Waals surface area contributed by atoms with E-state index in [2.05, 4.69) is 20.9 Å². The Kier molecular flexibility index (Phi) is 11.5. The van der Waals surface area contributed by atoms with E-state index in [4.69, 9.17) is 14.2 Å². The van der Waals surface area contributed by atoms with Gasteiger partial charge in [0, 0.05) is 16.1 Å². The maximum absolute atomic E-state index is 13.7. The molecular formula is C40H34N4O6S2. The van der Waals surface area contributed by atoms with Crippen LogP contribution in [0.25, 0.3) is 16.3 Å². The molecule has 0 bridgehead atoms. The number of fused-ring (bicyclic) bond motifs is 1. The number of hydrogen-bond acceptors (Lipinski definition) is 9. The quantitative estimate of drug-likeness (QED) is 0.0802. The third-order valence-electron chi connectivity index (χ3n) is 7.76. The Morgan fingerprint density at radius 2 is 1.38 bits per heavy atom. The van der Waals surface area contributed by atoms with E-state index in [9.17, 15) is 14.4 Å². The molecule has 0 saturated carbocycles. The Bertz CT molecular complexity index is 2170. The number of thioether (sulfide) groups is 1. The minimum Gasteiger partial charge on any atom is -0.493 e. The number of ether oxygens (including phenoxy) is 3. The van der Waals surface area contributed by atoms with Crippen molar-refractivity contribution < 1.29 is 28.6 Å². The van der Waals surface area contributed by atoms with Crippen molar-refractivity contribution in [1.29, 1.82) is 0 Å². The molecule has 3 amide bonds. The summed E-state index contributed by atoms with van der Waals surface area (Å²) >= 11 is 2.80. The summed E-state index contributed by atoms with van der Waals surface area (Å²) in [7, 11) is 4.49. The number of rotatable bonds is 13. The second kappa shape index (κ2) is 16.7. The van der Waals surface area contributed by atoms with Gasteiger partial charge >= 0.3 is 0 Å². The lowest BCUT2D eigenvalue weighted by atomic mass is 10.1. The average molecular weight is 731 g/mol. The van der Waals surface area contributed by atoms with E-state index in [-0.39, 0.29) is 11.6 Å². The van der Waals surface area contributed by atoms with Gasteiger partial charge in [0.2, 0.25) is 11.7 Å². The molecule has 1 atom stereocenters. The van der Waals surface area contributed by atoms with Gasteiger partial charge in [-0.2, -0.15) is 0 Å². The van der Waals surface area contributed by atoms with Gasteiger partial charge in [0.25, 0.3) is 11.8 Å². The molecule has 1 aromatic heterocycles. The first-order valence-corrected chi connectivity index (χ1v) is 17.7. The fourth-order valence-corrected chi connectivity index (χ4v) is 7.14. The van der Waals surface area contributed by atoms with Crippen LogP contribution >= 0.6 is 23.1 Å². The molecule has 0 aliphatic rings. The Labute approximate surface area is 308 Å². The molecule has 0 spiro atoms. The number of carbonyl (C=O) groups is 3. The highest BCUT2D eigenvalue weighted by atomic mass is 32.2. The molecular weight excluding hydrogens is 697 g/mol. The second-order valence-corrected chi connectivity index (χ2v) is 13.4. The third kappa shape index (κ3) is 8.60. The minimum absolute atomic E-state index is 0.0164. The summed E-state index contributed by atoms with van der Waals surface area (Å²) in [6.45, 7) is 0. The first-order valence-electron chi connectivity index (χ1n) is 16.0. The van der Waals surface area contributed by atoms with E-state index in [0.29, 0.717) is 39.2 Å². The van der Waals surface area contributed by atoms with Crippen molar-refractivity contribution in [3.05, 3.63) is 144 Å². The number of methoxy groups -OCH3 is 3. The fourth-order valence-electron chi connectivity index (χ4n) is 5.24. The smallest absolute Gasteiger partial charge is 0.272 e. The number of anilines is 2. The molecule has 0 aliphatic heterocycles. The average Bonchev–Trinajstić information content (AvgIpc) is 3.59. The van der Waals surface area contributed by atoms with Crippen molar-refractivity contribution in [2.45, 2.75) is 10.1 Å². The number of hydrogen-bond donors (Lipinski definition) is 3. The van der Waals surface area contributed by atoms with Crippen molar-refractivity contribution in [2.24, 2.45) is 0 Å². The minimum atomic E-state index is -0.574. The van der Waals surface area contributed by atoms with Crippen LogP contribution in [-0.2, 0) is 9.59 Å². The molecule has 5 aromatic carbocycles. The Balaban J connectivity index is 1.22. The van der Waals surface area contributed by atoms with Crippen molar-refractivity contribution in [1.82, 2.24) is 10.3 Å². The highest BCUT2D eigenvalue weighted by Crippen LogP contribution is 2.39. The molecule has 12 heteroatoms. The molecule has 3 N–H and O–H groups in total. The van der Waals surface area contributed by atoms with Gasteiger partial charge in [0.1, 0.15) is 10.9 Å². The van der Waals surface area contributed by atoms with Crippen molar-refractivity contribution >= 4 is 67.9 Å². The fraction of sp³-hybridized carbons (Fsp3) is 0.100. The van der Waals surface area contributed by atoms with Gasteiger partial charge in [0.05, 0.1) is 31.5 Å². The first-order chi connectivity index (χ1) is 25.3. The maximum Gasteiger partial charge on any atom is 0.272 e. The number of amides is 3. The van der Waals surface area contributed by atoms with E-state index in [1.54, 1.807) is 54.6 Å². The van der Waals surface area contributed by atoms with Gasteiger partial charge in [0.15, 0.2) is 16.6 Å². The zero-order valence-corrected chi connectivity index (χ0v) is 30.0. The van der Waals surface area contributed by atoms with E-state index < -0.39 is 17.1 Å². The topological polar surface area (TPSA) is 128 Å². The van der Waals surface area contributed by atoms with Crippen LogP contribution in [0.15, 0.2) is 132 Å². The van der Waals surface area contributed by atoms with Crippen LogP contribution in [0.3, 0.4) is 0 Å². The van der Waals surface area contributed by atoms with Gasteiger partial charge < -0.3 is 30.2 Å². The summed E-state index contributed by atoms with van der Waals surface area (Å²) in [6, 6.07) is 36.3. The summed E-state index contributed by atoms with van der Waals surface area (Å²) in [5.41, 5.74) is 3.03. The van der Waals surface area contributed by atoms with Crippen molar-refractivity contribution in [2.75, 3.05) is 32.0 Å². The maximum atomic E-state index is 13.7. The molecule has 6 aromatic rings. The molecule has 10 nitrogen and oxygen atoms in total. The van der Waals surface area contributed by atoms with E-state index >= 15 is 0 Å². The molecule has 0 fully saturated rings. The lowest BCUT2D eigenvalue weighted by Crippen LogP contribution is -2.30. The van der Waals surface area contributed by atoms with E-state index in [1.807, 2.05) is 66.7 Å². The predicted octanol–water partition coefficient (Wildman–Crippen LogP) is 8.20. The Hall–Kier alpha value is -6.11. The van der Waals surface area contributed by atoms with E-state index in [1.165, 1.54) is 50.5 Å². The molecule has 6 rings (SSSR count). The predicted molar refractivity (Wildman–Crippen MR) is 206 cm³/mol. The summed E-state index contributed by atoms with van der Waals surface area (Å²) in [6.07, 6.45) is 1.53. The van der Waals surface area contributed by atoms with Gasteiger partial charge in [-0.1, -0.05) is 72.0 Å². The van der Waals surface area contributed by atoms with Crippen LogP contribution in [0, 0.1) is 0 Å². The molecule has 262 valence electrons. The summed E-state index contributed by atoms with van der Waals surface area (Å²) in [4.78, 5) is 46.0. The molecule has 1 heterocycles. The lowest BCUT2D eigenvalue weighted by Gasteiger charge is -2.17. The highest BCUT2D eigenvalue weighted by Gasteiger charge is 2.24. The summed E-state index contributed by atoms with van der Waals surface area (Å²) in [5.74, 6) is -0.0598.